The third kappa shape index (κ3) is 2.69. The van der Waals surface area contributed by atoms with E-state index in [0.717, 1.165) is 17.0 Å². The molecule has 1 aliphatic heterocycles. The summed E-state index contributed by atoms with van der Waals surface area (Å²) in [6, 6.07) is 1.89. The fraction of sp³-hybridized carbons (Fsp3) is 0.333. The standard InChI is InChI=1S/C12H13N5O2S/c18-12(19)17-4-2-8(6-17)15-11-14-3-1-9(16-11)10-5-13-7-20-10/h1,3,5,7-8H,2,4,6H2,(H,18,19)(H,14,15,16). The second kappa shape index (κ2) is 5.41. The Morgan fingerprint density at radius 1 is 1.55 bits per heavy atom. The summed E-state index contributed by atoms with van der Waals surface area (Å²) in [7, 11) is 0. The maximum Gasteiger partial charge on any atom is 0.407 e. The van der Waals surface area contributed by atoms with Gasteiger partial charge < -0.3 is 15.3 Å². The van der Waals surface area contributed by atoms with Crippen LogP contribution in [0.25, 0.3) is 10.6 Å². The molecule has 0 aromatic carbocycles. The van der Waals surface area contributed by atoms with E-state index < -0.39 is 6.09 Å². The van der Waals surface area contributed by atoms with Crippen LogP contribution >= 0.6 is 11.3 Å². The van der Waals surface area contributed by atoms with Crippen LogP contribution in [0.2, 0.25) is 0 Å². The number of thiazole rings is 1. The lowest BCUT2D eigenvalue weighted by Gasteiger charge is -2.13. The predicted octanol–water partition coefficient (Wildman–Crippen LogP) is 1.76. The highest BCUT2D eigenvalue weighted by Gasteiger charge is 2.26. The molecule has 7 nitrogen and oxygen atoms in total. The van der Waals surface area contributed by atoms with Gasteiger partial charge in [-0.2, -0.15) is 0 Å². The number of carboxylic acid groups (broad SMARTS) is 1. The first-order valence-corrected chi connectivity index (χ1v) is 7.06. The minimum atomic E-state index is -0.881. The molecule has 1 saturated heterocycles. The highest BCUT2D eigenvalue weighted by Crippen LogP contribution is 2.22. The van der Waals surface area contributed by atoms with Crippen LogP contribution in [0, 0.1) is 0 Å². The van der Waals surface area contributed by atoms with Crippen molar-refractivity contribution >= 4 is 23.4 Å². The van der Waals surface area contributed by atoms with E-state index in [0.29, 0.717) is 19.0 Å². The van der Waals surface area contributed by atoms with Gasteiger partial charge in [-0.1, -0.05) is 0 Å². The molecule has 3 heterocycles. The zero-order valence-electron chi connectivity index (χ0n) is 10.6. The Morgan fingerprint density at radius 2 is 2.45 bits per heavy atom. The maximum atomic E-state index is 10.9. The number of likely N-dealkylation sites (tertiary alicyclic amines) is 1. The molecule has 1 amide bonds. The Kier molecular flexibility index (Phi) is 3.46. The number of nitrogens with zero attached hydrogens (tertiary/aromatic N) is 4. The highest BCUT2D eigenvalue weighted by atomic mass is 32.1. The van der Waals surface area contributed by atoms with Crippen LogP contribution in [0.1, 0.15) is 6.42 Å². The van der Waals surface area contributed by atoms with Crippen LogP contribution in [0.15, 0.2) is 24.0 Å². The van der Waals surface area contributed by atoms with Gasteiger partial charge >= 0.3 is 6.09 Å². The molecule has 1 aliphatic rings. The van der Waals surface area contributed by atoms with E-state index in [1.165, 1.54) is 16.2 Å². The molecule has 3 rings (SSSR count). The molecule has 8 heteroatoms. The van der Waals surface area contributed by atoms with Crippen molar-refractivity contribution in [3.05, 3.63) is 24.0 Å². The van der Waals surface area contributed by atoms with Crippen molar-refractivity contribution in [3.8, 4) is 10.6 Å². The summed E-state index contributed by atoms with van der Waals surface area (Å²) in [6.45, 7) is 1.00. The number of aromatic nitrogens is 3. The predicted molar refractivity (Wildman–Crippen MR) is 74.8 cm³/mol. The van der Waals surface area contributed by atoms with Gasteiger partial charge in [0.1, 0.15) is 0 Å². The molecule has 0 radical (unpaired) electrons. The first-order valence-electron chi connectivity index (χ1n) is 6.18. The third-order valence-electron chi connectivity index (χ3n) is 3.13. The van der Waals surface area contributed by atoms with E-state index in [-0.39, 0.29) is 6.04 Å². The van der Waals surface area contributed by atoms with Gasteiger partial charge in [0.05, 0.1) is 16.1 Å². The monoisotopic (exact) mass is 291 g/mol. The number of hydrogen-bond donors (Lipinski definition) is 2. The molecular weight excluding hydrogens is 278 g/mol. The SMILES string of the molecule is O=C(O)N1CCC(Nc2nccc(-c3cncs3)n2)C1. The molecule has 0 aliphatic carbocycles. The Bertz CT molecular complexity index is 604. The molecule has 2 aromatic heterocycles. The third-order valence-corrected chi connectivity index (χ3v) is 3.93. The summed E-state index contributed by atoms with van der Waals surface area (Å²) < 4.78 is 0. The Balaban J connectivity index is 1.70. The quantitative estimate of drug-likeness (QED) is 0.895. The summed E-state index contributed by atoms with van der Waals surface area (Å²) in [5.74, 6) is 0.521. The van der Waals surface area contributed by atoms with Crippen LogP contribution < -0.4 is 5.32 Å². The van der Waals surface area contributed by atoms with Gasteiger partial charge in [0.15, 0.2) is 0 Å². The van der Waals surface area contributed by atoms with E-state index in [4.69, 9.17) is 5.11 Å². The lowest BCUT2D eigenvalue weighted by molar-refractivity contribution is 0.155. The van der Waals surface area contributed by atoms with Gasteiger partial charge in [-0.25, -0.2) is 14.8 Å². The zero-order valence-corrected chi connectivity index (χ0v) is 11.4. The molecular formula is C12H13N5O2S. The van der Waals surface area contributed by atoms with Crippen LogP contribution in [0.3, 0.4) is 0 Å². The van der Waals surface area contributed by atoms with Gasteiger partial charge in [-0.15, -0.1) is 11.3 Å². The number of amides is 1. The maximum absolute atomic E-state index is 10.9. The fourth-order valence-corrected chi connectivity index (χ4v) is 2.73. The fourth-order valence-electron chi connectivity index (χ4n) is 2.14. The van der Waals surface area contributed by atoms with Crippen LogP contribution in [0.5, 0.6) is 0 Å². The smallest absolute Gasteiger partial charge is 0.407 e. The molecule has 104 valence electrons. The van der Waals surface area contributed by atoms with Crippen molar-refractivity contribution in [1.82, 2.24) is 19.9 Å². The Hall–Kier alpha value is -2.22. The van der Waals surface area contributed by atoms with Crippen molar-refractivity contribution in [3.63, 3.8) is 0 Å². The molecule has 0 bridgehead atoms. The van der Waals surface area contributed by atoms with Crippen molar-refractivity contribution in [2.45, 2.75) is 12.5 Å². The second-order valence-electron chi connectivity index (χ2n) is 4.49. The van der Waals surface area contributed by atoms with E-state index in [9.17, 15) is 4.79 Å². The van der Waals surface area contributed by atoms with Gasteiger partial charge in [-0.3, -0.25) is 4.98 Å². The minimum Gasteiger partial charge on any atom is -0.465 e. The van der Waals surface area contributed by atoms with E-state index in [1.807, 2.05) is 6.07 Å². The molecule has 1 fully saturated rings. The van der Waals surface area contributed by atoms with Crippen molar-refractivity contribution < 1.29 is 9.90 Å². The first-order chi connectivity index (χ1) is 9.72. The number of nitrogens with one attached hydrogen (secondary N) is 1. The van der Waals surface area contributed by atoms with Crippen molar-refractivity contribution in [1.29, 1.82) is 0 Å². The first kappa shape index (κ1) is 12.8. The molecule has 2 aromatic rings. The number of hydrogen-bond acceptors (Lipinski definition) is 6. The summed E-state index contributed by atoms with van der Waals surface area (Å²) in [5, 5.41) is 12.1. The summed E-state index contributed by atoms with van der Waals surface area (Å²) in [5.41, 5.74) is 2.57. The normalized spacial score (nSPS) is 18.2. The van der Waals surface area contributed by atoms with Crippen molar-refractivity contribution in [2.24, 2.45) is 0 Å². The number of carbonyl (C=O) groups is 1. The number of rotatable bonds is 3. The topological polar surface area (TPSA) is 91.2 Å². The summed E-state index contributed by atoms with van der Waals surface area (Å²) in [6.07, 6.45) is 3.33. The van der Waals surface area contributed by atoms with Gasteiger partial charge in [0.2, 0.25) is 5.95 Å². The largest absolute Gasteiger partial charge is 0.465 e. The van der Waals surface area contributed by atoms with Crippen molar-refractivity contribution in [2.75, 3.05) is 18.4 Å². The highest BCUT2D eigenvalue weighted by molar-refractivity contribution is 7.13. The van der Waals surface area contributed by atoms with Gasteiger partial charge in [0.25, 0.3) is 0 Å². The van der Waals surface area contributed by atoms with E-state index in [1.54, 1.807) is 17.9 Å². The molecule has 2 N–H and O–H groups in total. The minimum absolute atomic E-state index is 0.0582. The summed E-state index contributed by atoms with van der Waals surface area (Å²) >= 11 is 1.52. The molecule has 1 unspecified atom stereocenters. The number of anilines is 1. The lowest BCUT2D eigenvalue weighted by atomic mass is 10.3. The van der Waals surface area contributed by atoms with Crippen LogP contribution in [0.4, 0.5) is 10.7 Å². The van der Waals surface area contributed by atoms with Crippen LogP contribution in [-0.2, 0) is 0 Å². The summed E-state index contributed by atoms with van der Waals surface area (Å²) in [4.78, 5) is 25.9. The van der Waals surface area contributed by atoms with E-state index >= 15 is 0 Å². The average molecular weight is 291 g/mol. The molecule has 20 heavy (non-hydrogen) atoms. The second-order valence-corrected chi connectivity index (χ2v) is 5.38. The molecule has 0 spiro atoms. The lowest BCUT2D eigenvalue weighted by Crippen LogP contribution is -2.30. The van der Waals surface area contributed by atoms with E-state index in [2.05, 4.69) is 20.3 Å². The Labute approximate surface area is 119 Å². The zero-order chi connectivity index (χ0) is 13.9. The molecule has 1 atom stereocenters. The molecule has 0 saturated carbocycles. The van der Waals surface area contributed by atoms with Crippen LogP contribution in [-0.4, -0.2) is 50.2 Å². The average Bonchev–Trinajstić information content (AvgIpc) is 3.10. The van der Waals surface area contributed by atoms with Gasteiger partial charge in [-0.05, 0) is 12.5 Å². The van der Waals surface area contributed by atoms with Gasteiger partial charge in [0, 0.05) is 31.5 Å². The Morgan fingerprint density at radius 3 is 3.15 bits per heavy atom.